The molecule has 1 heterocycles. The molecule has 1 aliphatic rings. The molecule has 0 bridgehead atoms. The average molecular weight is 419 g/mol. The Hall–Kier alpha value is -2.25. The Bertz CT molecular complexity index is 949. The molecule has 0 unspecified atom stereocenters. The molecule has 7 heteroatoms. The molecule has 0 aromatic heterocycles. The molecule has 1 aliphatic heterocycles. The first-order chi connectivity index (χ1) is 13.7. The van der Waals surface area contributed by atoms with Crippen molar-refractivity contribution in [3.8, 4) is 0 Å². The Morgan fingerprint density at radius 3 is 2.14 bits per heavy atom. The van der Waals surface area contributed by atoms with Crippen LogP contribution in [0.2, 0.25) is 0 Å². The van der Waals surface area contributed by atoms with Crippen molar-refractivity contribution in [1.29, 1.82) is 0 Å². The Morgan fingerprint density at radius 1 is 1.03 bits per heavy atom. The van der Waals surface area contributed by atoms with Crippen molar-refractivity contribution >= 4 is 15.9 Å². The molecule has 0 radical (unpaired) electrons. The number of nitrogens with one attached hydrogen (secondary N) is 1. The van der Waals surface area contributed by atoms with Crippen LogP contribution in [0.4, 0.5) is 4.39 Å². The number of nitrogens with zero attached hydrogens (tertiary/aromatic N) is 1. The standard InChI is InChI=1S/C22H27FN2O3S/c1-15-12-16(2)14-25(13-15)29(27,28)21-10-6-19(7-11-21)22(26)24-17(3)18-4-8-20(23)9-5-18/h4-11,15-17H,12-14H2,1-3H3,(H,24,26)/t15-,16-,17-/m1/s1. The molecule has 1 N–H and O–H groups in total. The number of amides is 1. The maximum atomic E-state index is 13.0. The second-order valence-corrected chi connectivity index (χ2v) is 9.98. The fourth-order valence-corrected chi connectivity index (χ4v) is 5.52. The summed E-state index contributed by atoms with van der Waals surface area (Å²) >= 11 is 0. The van der Waals surface area contributed by atoms with Crippen LogP contribution in [-0.4, -0.2) is 31.7 Å². The number of piperidine rings is 1. The van der Waals surface area contributed by atoms with E-state index in [1.165, 1.54) is 40.7 Å². The Labute approximate surface area is 172 Å². The van der Waals surface area contributed by atoms with Gasteiger partial charge in [-0.25, -0.2) is 12.8 Å². The summed E-state index contributed by atoms with van der Waals surface area (Å²) in [6.45, 7) is 6.97. The van der Waals surface area contributed by atoms with Gasteiger partial charge in [-0.2, -0.15) is 4.31 Å². The third-order valence-corrected chi connectivity index (χ3v) is 7.15. The number of halogens is 1. The molecule has 1 saturated heterocycles. The van der Waals surface area contributed by atoms with Gasteiger partial charge in [-0.3, -0.25) is 4.79 Å². The van der Waals surface area contributed by atoms with Crippen LogP contribution in [0, 0.1) is 17.7 Å². The van der Waals surface area contributed by atoms with Gasteiger partial charge in [0.25, 0.3) is 5.91 Å². The highest BCUT2D eigenvalue weighted by Gasteiger charge is 2.31. The Kier molecular flexibility index (Phi) is 6.39. The molecule has 3 rings (SSSR count). The molecule has 2 aromatic carbocycles. The summed E-state index contributed by atoms with van der Waals surface area (Å²) < 4.78 is 40.5. The Morgan fingerprint density at radius 2 is 1.59 bits per heavy atom. The first-order valence-corrected chi connectivity index (χ1v) is 11.3. The molecule has 156 valence electrons. The highest BCUT2D eigenvalue weighted by Crippen LogP contribution is 2.26. The number of sulfonamides is 1. The van der Waals surface area contributed by atoms with E-state index in [0.29, 0.717) is 30.5 Å². The molecule has 5 nitrogen and oxygen atoms in total. The maximum absolute atomic E-state index is 13.0. The number of hydrogen-bond acceptors (Lipinski definition) is 3. The quantitative estimate of drug-likeness (QED) is 0.799. The third kappa shape index (κ3) is 5.03. The molecule has 2 aromatic rings. The summed E-state index contributed by atoms with van der Waals surface area (Å²) in [5.41, 5.74) is 1.16. The van der Waals surface area contributed by atoms with Crippen molar-refractivity contribution in [3.63, 3.8) is 0 Å². The molecule has 0 saturated carbocycles. The number of benzene rings is 2. The molecule has 29 heavy (non-hydrogen) atoms. The second kappa shape index (κ2) is 8.63. The third-order valence-electron chi connectivity index (χ3n) is 5.31. The molecule has 0 spiro atoms. The molecular weight excluding hydrogens is 391 g/mol. The molecule has 0 aliphatic carbocycles. The van der Waals surface area contributed by atoms with Gasteiger partial charge >= 0.3 is 0 Å². The van der Waals surface area contributed by atoms with E-state index in [1.807, 2.05) is 6.92 Å². The predicted octanol–water partition coefficient (Wildman–Crippen LogP) is 3.98. The molecular formula is C22H27FN2O3S. The van der Waals surface area contributed by atoms with E-state index in [2.05, 4.69) is 19.2 Å². The van der Waals surface area contributed by atoms with Crippen LogP contribution in [0.1, 0.15) is 49.2 Å². The van der Waals surface area contributed by atoms with E-state index >= 15 is 0 Å². The lowest BCUT2D eigenvalue weighted by atomic mass is 9.94. The summed E-state index contributed by atoms with van der Waals surface area (Å²) in [6, 6.07) is 11.6. The number of carbonyl (C=O) groups is 1. The zero-order chi connectivity index (χ0) is 21.2. The van der Waals surface area contributed by atoms with Crippen molar-refractivity contribution in [3.05, 3.63) is 65.5 Å². The largest absolute Gasteiger partial charge is 0.346 e. The fourth-order valence-electron chi connectivity index (χ4n) is 3.84. The van der Waals surface area contributed by atoms with Crippen LogP contribution in [0.25, 0.3) is 0 Å². The zero-order valence-electron chi connectivity index (χ0n) is 16.9. The minimum Gasteiger partial charge on any atom is -0.346 e. The first kappa shape index (κ1) is 21.5. The van der Waals surface area contributed by atoms with Crippen molar-refractivity contribution in [2.24, 2.45) is 11.8 Å². The number of hydrogen-bond donors (Lipinski definition) is 1. The summed E-state index contributed by atoms with van der Waals surface area (Å²) in [5, 5.41) is 2.84. The lowest BCUT2D eigenvalue weighted by Gasteiger charge is -2.34. The van der Waals surface area contributed by atoms with Crippen molar-refractivity contribution in [2.75, 3.05) is 13.1 Å². The highest BCUT2D eigenvalue weighted by atomic mass is 32.2. The second-order valence-electron chi connectivity index (χ2n) is 8.04. The van der Waals surface area contributed by atoms with Gasteiger partial charge in [-0.05, 0) is 67.1 Å². The van der Waals surface area contributed by atoms with Gasteiger partial charge in [0.15, 0.2) is 0 Å². The Balaban J connectivity index is 1.70. The monoisotopic (exact) mass is 418 g/mol. The van der Waals surface area contributed by atoms with Gasteiger partial charge in [0.1, 0.15) is 5.82 Å². The number of rotatable bonds is 5. The van der Waals surface area contributed by atoms with Gasteiger partial charge in [0.2, 0.25) is 10.0 Å². The van der Waals surface area contributed by atoms with Crippen LogP contribution >= 0.6 is 0 Å². The molecule has 1 amide bonds. The SMILES string of the molecule is C[C@@H]1C[C@@H](C)CN(S(=O)(=O)c2ccc(C(=O)N[C@H](C)c3ccc(F)cc3)cc2)C1. The summed E-state index contributed by atoms with van der Waals surface area (Å²) in [5.74, 6) is 0.00519. The summed E-state index contributed by atoms with van der Waals surface area (Å²) in [4.78, 5) is 12.7. The normalized spacial score (nSPS) is 21.5. The zero-order valence-corrected chi connectivity index (χ0v) is 17.7. The minimum absolute atomic E-state index is 0.196. The summed E-state index contributed by atoms with van der Waals surface area (Å²) in [7, 11) is -3.57. The number of carbonyl (C=O) groups excluding carboxylic acids is 1. The smallest absolute Gasteiger partial charge is 0.251 e. The lowest BCUT2D eigenvalue weighted by molar-refractivity contribution is 0.0940. The van der Waals surface area contributed by atoms with Crippen LogP contribution < -0.4 is 5.32 Å². The van der Waals surface area contributed by atoms with E-state index in [4.69, 9.17) is 0 Å². The van der Waals surface area contributed by atoms with E-state index < -0.39 is 10.0 Å². The van der Waals surface area contributed by atoms with Crippen LogP contribution in [-0.2, 0) is 10.0 Å². The van der Waals surface area contributed by atoms with Gasteiger partial charge < -0.3 is 5.32 Å². The van der Waals surface area contributed by atoms with Gasteiger partial charge in [-0.15, -0.1) is 0 Å². The van der Waals surface area contributed by atoms with Crippen LogP contribution in [0.3, 0.4) is 0 Å². The topological polar surface area (TPSA) is 66.5 Å². The minimum atomic E-state index is -3.57. The fraction of sp³-hybridized carbons (Fsp3) is 0.409. The van der Waals surface area contributed by atoms with Crippen molar-refractivity contribution in [1.82, 2.24) is 9.62 Å². The van der Waals surface area contributed by atoms with Crippen molar-refractivity contribution in [2.45, 2.75) is 38.1 Å². The predicted molar refractivity (Wildman–Crippen MR) is 110 cm³/mol. The van der Waals surface area contributed by atoms with Gasteiger partial charge in [-0.1, -0.05) is 26.0 Å². The van der Waals surface area contributed by atoms with Crippen molar-refractivity contribution < 1.29 is 17.6 Å². The lowest BCUT2D eigenvalue weighted by Crippen LogP contribution is -2.42. The van der Waals surface area contributed by atoms with E-state index in [1.54, 1.807) is 12.1 Å². The highest BCUT2D eigenvalue weighted by molar-refractivity contribution is 7.89. The summed E-state index contributed by atoms with van der Waals surface area (Å²) in [6.07, 6.45) is 1.03. The first-order valence-electron chi connectivity index (χ1n) is 9.83. The average Bonchev–Trinajstić information content (AvgIpc) is 2.67. The van der Waals surface area contributed by atoms with Crippen LogP contribution in [0.15, 0.2) is 53.4 Å². The maximum Gasteiger partial charge on any atom is 0.251 e. The van der Waals surface area contributed by atoms with Gasteiger partial charge in [0.05, 0.1) is 10.9 Å². The van der Waals surface area contributed by atoms with Crippen LogP contribution in [0.5, 0.6) is 0 Å². The molecule has 1 fully saturated rings. The van der Waals surface area contributed by atoms with E-state index in [0.717, 1.165) is 12.0 Å². The van der Waals surface area contributed by atoms with E-state index in [-0.39, 0.29) is 22.7 Å². The van der Waals surface area contributed by atoms with Gasteiger partial charge in [0, 0.05) is 18.7 Å². The molecule has 3 atom stereocenters. The van der Waals surface area contributed by atoms with E-state index in [9.17, 15) is 17.6 Å².